The molecule has 0 unspecified atom stereocenters. The number of carbonyl (C=O) groups excluding carboxylic acids is 1. The van der Waals surface area contributed by atoms with Crippen molar-refractivity contribution in [1.82, 2.24) is 4.57 Å². The molecule has 0 aliphatic rings. The van der Waals surface area contributed by atoms with Crippen molar-refractivity contribution in [3.63, 3.8) is 0 Å². The zero-order valence-electron chi connectivity index (χ0n) is 10.2. The number of hydrogen-bond donors (Lipinski definition) is 0. The number of nitrogens with zero attached hydrogens (tertiary/aromatic N) is 1. The predicted molar refractivity (Wildman–Crippen MR) is 77.9 cm³/mol. The van der Waals surface area contributed by atoms with Gasteiger partial charge in [0.25, 0.3) is 0 Å². The van der Waals surface area contributed by atoms with Gasteiger partial charge in [-0.2, -0.15) is 0 Å². The maximum absolute atomic E-state index is 11.2. The number of carbonyl (C=O) groups is 1. The van der Waals surface area contributed by atoms with Crippen LogP contribution in [0.3, 0.4) is 0 Å². The van der Waals surface area contributed by atoms with Gasteiger partial charge in [0.05, 0.1) is 5.69 Å². The molecule has 2 nitrogen and oxygen atoms in total. The number of rotatable bonds is 3. The van der Waals surface area contributed by atoms with E-state index in [4.69, 9.17) is 11.6 Å². The van der Waals surface area contributed by atoms with Gasteiger partial charge in [0, 0.05) is 22.5 Å². The Morgan fingerprint density at radius 1 is 1.05 bits per heavy atom. The van der Waals surface area contributed by atoms with Gasteiger partial charge in [-0.1, -0.05) is 41.9 Å². The van der Waals surface area contributed by atoms with Crippen LogP contribution in [0.2, 0.25) is 5.02 Å². The topological polar surface area (TPSA) is 22.0 Å². The van der Waals surface area contributed by atoms with Crippen molar-refractivity contribution in [2.75, 3.05) is 0 Å². The minimum atomic E-state index is 0.641. The van der Waals surface area contributed by atoms with E-state index >= 15 is 0 Å². The van der Waals surface area contributed by atoms with Crippen LogP contribution in [0.25, 0.3) is 10.9 Å². The number of aromatic nitrogens is 1. The summed E-state index contributed by atoms with van der Waals surface area (Å²) in [5.41, 5.74) is 2.82. The quantitative estimate of drug-likeness (QED) is 0.655. The fraction of sp³-hybridized carbons (Fsp3) is 0.0625. The molecule has 3 rings (SSSR count). The highest BCUT2D eigenvalue weighted by Gasteiger charge is 2.08. The molecule has 1 heterocycles. The Hall–Kier alpha value is -2.06. The van der Waals surface area contributed by atoms with Gasteiger partial charge < -0.3 is 4.57 Å². The molecule has 19 heavy (non-hydrogen) atoms. The Labute approximate surface area is 116 Å². The van der Waals surface area contributed by atoms with E-state index in [1.807, 2.05) is 59.2 Å². The number of benzene rings is 2. The summed E-state index contributed by atoms with van der Waals surface area (Å²) in [7, 11) is 0. The van der Waals surface area contributed by atoms with Gasteiger partial charge in [0.15, 0.2) is 6.29 Å². The van der Waals surface area contributed by atoms with Gasteiger partial charge >= 0.3 is 0 Å². The third kappa shape index (κ3) is 2.27. The van der Waals surface area contributed by atoms with E-state index in [-0.39, 0.29) is 0 Å². The van der Waals surface area contributed by atoms with Gasteiger partial charge in [0.2, 0.25) is 0 Å². The number of halogens is 1. The molecule has 0 aliphatic heterocycles. The summed E-state index contributed by atoms with van der Waals surface area (Å²) in [4.78, 5) is 11.2. The molecule has 0 amide bonds. The Balaban J connectivity index is 2.11. The first-order chi connectivity index (χ1) is 9.28. The lowest BCUT2D eigenvalue weighted by atomic mass is 10.2. The monoisotopic (exact) mass is 269 g/mol. The van der Waals surface area contributed by atoms with E-state index in [9.17, 15) is 4.79 Å². The normalized spacial score (nSPS) is 10.8. The fourth-order valence-electron chi connectivity index (χ4n) is 2.32. The number of hydrogen-bond acceptors (Lipinski definition) is 1. The number of aldehydes is 1. The Bertz CT molecular complexity index is 745. The van der Waals surface area contributed by atoms with E-state index in [1.165, 1.54) is 0 Å². The van der Waals surface area contributed by atoms with Crippen LogP contribution in [-0.4, -0.2) is 10.9 Å². The SMILES string of the molecule is O=Cc1cc2ccccc2n1Cc1cccc(Cl)c1. The second-order valence-corrected chi connectivity index (χ2v) is 4.90. The fourth-order valence-corrected chi connectivity index (χ4v) is 2.54. The summed E-state index contributed by atoms with van der Waals surface area (Å²) in [6.07, 6.45) is 0.893. The van der Waals surface area contributed by atoms with E-state index < -0.39 is 0 Å². The average molecular weight is 270 g/mol. The molecule has 0 bridgehead atoms. The predicted octanol–water partition coefficient (Wildman–Crippen LogP) is 4.16. The minimum absolute atomic E-state index is 0.641. The van der Waals surface area contributed by atoms with Crippen LogP contribution in [0.15, 0.2) is 54.6 Å². The van der Waals surface area contributed by atoms with Gasteiger partial charge in [-0.15, -0.1) is 0 Å². The molecule has 2 aromatic carbocycles. The van der Waals surface area contributed by atoms with Crippen LogP contribution >= 0.6 is 11.6 Å². The molecule has 0 N–H and O–H groups in total. The molecular formula is C16H12ClNO. The van der Waals surface area contributed by atoms with Crippen molar-refractivity contribution in [1.29, 1.82) is 0 Å². The van der Waals surface area contributed by atoms with Crippen LogP contribution < -0.4 is 0 Å². The lowest BCUT2D eigenvalue weighted by molar-refractivity contribution is 0.111. The van der Waals surface area contributed by atoms with Crippen molar-refractivity contribution in [2.45, 2.75) is 6.54 Å². The average Bonchev–Trinajstić information content (AvgIpc) is 2.77. The second kappa shape index (κ2) is 4.90. The van der Waals surface area contributed by atoms with E-state index in [0.717, 1.165) is 22.8 Å². The Morgan fingerprint density at radius 3 is 2.68 bits per heavy atom. The summed E-state index contributed by atoms with van der Waals surface area (Å²) in [6.45, 7) is 0.641. The van der Waals surface area contributed by atoms with Gasteiger partial charge in [0.1, 0.15) is 0 Å². The van der Waals surface area contributed by atoms with Gasteiger partial charge in [-0.05, 0) is 29.8 Å². The molecular weight excluding hydrogens is 258 g/mol. The molecule has 3 heteroatoms. The lowest BCUT2D eigenvalue weighted by Gasteiger charge is -2.08. The van der Waals surface area contributed by atoms with Crippen molar-refractivity contribution in [3.8, 4) is 0 Å². The summed E-state index contributed by atoms with van der Waals surface area (Å²) < 4.78 is 2.01. The van der Waals surface area contributed by atoms with Crippen LogP contribution in [-0.2, 0) is 6.54 Å². The summed E-state index contributed by atoms with van der Waals surface area (Å²) >= 11 is 6.00. The van der Waals surface area contributed by atoms with Crippen LogP contribution in [0.4, 0.5) is 0 Å². The van der Waals surface area contributed by atoms with Gasteiger partial charge in [-0.25, -0.2) is 0 Å². The maximum Gasteiger partial charge on any atom is 0.166 e. The van der Waals surface area contributed by atoms with Crippen LogP contribution in [0.1, 0.15) is 16.1 Å². The van der Waals surface area contributed by atoms with Crippen LogP contribution in [0.5, 0.6) is 0 Å². The molecule has 0 spiro atoms. The highest BCUT2D eigenvalue weighted by molar-refractivity contribution is 6.30. The molecule has 94 valence electrons. The molecule has 3 aromatic rings. The molecule has 0 saturated carbocycles. The third-order valence-corrected chi connectivity index (χ3v) is 3.43. The van der Waals surface area contributed by atoms with Crippen molar-refractivity contribution in [3.05, 3.63) is 70.9 Å². The zero-order valence-corrected chi connectivity index (χ0v) is 11.0. The Morgan fingerprint density at radius 2 is 1.89 bits per heavy atom. The molecule has 1 aromatic heterocycles. The van der Waals surface area contributed by atoms with Crippen molar-refractivity contribution >= 4 is 28.8 Å². The highest BCUT2D eigenvalue weighted by Crippen LogP contribution is 2.21. The number of fused-ring (bicyclic) bond motifs is 1. The van der Waals surface area contributed by atoms with Crippen molar-refractivity contribution in [2.24, 2.45) is 0 Å². The summed E-state index contributed by atoms with van der Waals surface area (Å²) in [6, 6.07) is 17.6. The first kappa shape index (κ1) is 12.0. The first-order valence-corrected chi connectivity index (χ1v) is 6.43. The summed E-state index contributed by atoms with van der Waals surface area (Å²) in [5, 5.41) is 1.79. The lowest BCUT2D eigenvalue weighted by Crippen LogP contribution is -2.03. The second-order valence-electron chi connectivity index (χ2n) is 4.46. The summed E-state index contributed by atoms with van der Waals surface area (Å²) in [5.74, 6) is 0. The standard InChI is InChI=1S/C16H12ClNO/c17-14-6-3-4-12(8-14)10-18-15(11-19)9-13-5-1-2-7-16(13)18/h1-9,11H,10H2. The Kier molecular flexibility index (Phi) is 3.10. The molecule has 0 saturated heterocycles. The van der Waals surface area contributed by atoms with E-state index in [0.29, 0.717) is 17.3 Å². The molecule has 0 fully saturated rings. The van der Waals surface area contributed by atoms with Gasteiger partial charge in [-0.3, -0.25) is 4.79 Å². The molecule has 0 aliphatic carbocycles. The first-order valence-electron chi connectivity index (χ1n) is 6.06. The smallest absolute Gasteiger partial charge is 0.166 e. The minimum Gasteiger partial charge on any atom is -0.334 e. The largest absolute Gasteiger partial charge is 0.334 e. The van der Waals surface area contributed by atoms with Crippen LogP contribution in [0, 0.1) is 0 Å². The highest BCUT2D eigenvalue weighted by atomic mass is 35.5. The van der Waals surface area contributed by atoms with E-state index in [2.05, 4.69) is 0 Å². The molecule has 0 atom stereocenters. The third-order valence-electron chi connectivity index (χ3n) is 3.19. The number of para-hydroxylation sites is 1. The van der Waals surface area contributed by atoms with Crippen molar-refractivity contribution < 1.29 is 4.79 Å². The zero-order chi connectivity index (χ0) is 13.2. The molecule has 0 radical (unpaired) electrons. The van der Waals surface area contributed by atoms with E-state index in [1.54, 1.807) is 0 Å². The maximum atomic E-state index is 11.2.